The predicted octanol–water partition coefficient (Wildman–Crippen LogP) is 0.697. The molecule has 0 atom stereocenters. The lowest BCUT2D eigenvalue weighted by molar-refractivity contribution is 0.201. The van der Waals surface area contributed by atoms with Crippen molar-refractivity contribution in [3.05, 3.63) is 24.3 Å². The van der Waals surface area contributed by atoms with Gasteiger partial charge in [0.1, 0.15) is 0 Å². The van der Waals surface area contributed by atoms with Crippen molar-refractivity contribution in [3.63, 3.8) is 0 Å². The number of para-hydroxylation sites is 2. The van der Waals surface area contributed by atoms with E-state index in [1.54, 1.807) is 0 Å². The number of anilines is 2. The van der Waals surface area contributed by atoms with E-state index in [1.165, 1.54) is 0 Å². The van der Waals surface area contributed by atoms with Crippen LogP contribution in [0.5, 0.6) is 0 Å². The van der Waals surface area contributed by atoms with Crippen molar-refractivity contribution >= 4 is 11.4 Å². The molecule has 13 heavy (non-hydrogen) atoms. The molecule has 3 heteroatoms. The SMILES string of the molecule is Nc1ccccc1N1CC(CO)C1. The summed E-state index contributed by atoms with van der Waals surface area (Å²) in [6.45, 7) is 2.12. The number of hydrogen-bond donors (Lipinski definition) is 2. The molecule has 3 N–H and O–H groups in total. The van der Waals surface area contributed by atoms with Gasteiger partial charge in [0.05, 0.1) is 11.4 Å². The molecule has 3 nitrogen and oxygen atoms in total. The van der Waals surface area contributed by atoms with E-state index in [-0.39, 0.29) is 6.61 Å². The van der Waals surface area contributed by atoms with Crippen molar-refractivity contribution in [3.8, 4) is 0 Å². The molecule has 1 heterocycles. The first-order chi connectivity index (χ1) is 6.31. The average Bonchev–Trinajstić information content (AvgIpc) is 2.06. The smallest absolute Gasteiger partial charge is 0.0600 e. The number of nitrogen functional groups attached to an aromatic ring is 1. The number of nitrogens with two attached hydrogens (primary N) is 1. The van der Waals surface area contributed by atoms with Gasteiger partial charge >= 0.3 is 0 Å². The Morgan fingerprint density at radius 2 is 2.08 bits per heavy atom. The Kier molecular flexibility index (Phi) is 2.10. The van der Waals surface area contributed by atoms with E-state index in [2.05, 4.69) is 4.90 Å². The van der Waals surface area contributed by atoms with Gasteiger partial charge in [0.25, 0.3) is 0 Å². The predicted molar refractivity (Wildman–Crippen MR) is 53.6 cm³/mol. The Bertz CT molecular complexity index is 295. The summed E-state index contributed by atoms with van der Waals surface area (Å²) in [6.07, 6.45) is 0. The highest BCUT2D eigenvalue weighted by atomic mass is 16.3. The molecule has 1 aliphatic rings. The lowest BCUT2D eigenvalue weighted by Gasteiger charge is -2.40. The Hall–Kier alpha value is -1.22. The quantitative estimate of drug-likeness (QED) is 0.655. The van der Waals surface area contributed by atoms with Crippen LogP contribution >= 0.6 is 0 Å². The summed E-state index contributed by atoms with van der Waals surface area (Å²) < 4.78 is 0. The van der Waals surface area contributed by atoms with Gasteiger partial charge in [-0.1, -0.05) is 12.1 Å². The van der Waals surface area contributed by atoms with Crippen molar-refractivity contribution in [2.75, 3.05) is 30.3 Å². The van der Waals surface area contributed by atoms with E-state index in [0.717, 1.165) is 24.5 Å². The molecule has 0 bridgehead atoms. The Labute approximate surface area is 77.8 Å². The Balaban J connectivity index is 2.07. The number of aliphatic hydroxyl groups excluding tert-OH is 1. The molecular weight excluding hydrogens is 164 g/mol. The number of rotatable bonds is 2. The first-order valence-electron chi connectivity index (χ1n) is 4.51. The van der Waals surface area contributed by atoms with Gasteiger partial charge in [-0.3, -0.25) is 0 Å². The summed E-state index contributed by atoms with van der Waals surface area (Å²) in [5.41, 5.74) is 7.72. The molecule has 0 spiro atoms. The first kappa shape index (κ1) is 8.38. The zero-order valence-electron chi connectivity index (χ0n) is 7.48. The molecule has 0 saturated carbocycles. The van der Waals surface area contributed by atoms with Crippen molar-refractivity contribution in [2.24, 2.45) is 5.92 Å². The maximum atomic E-state index is 8.86. The highest BCUT2D eigenvalue weighted by Crippen LogP contribution is 2.28. The summed E-state index contributed by atoms with van der Waals surface area (Å²) in [7, 11) is 0. The van der Waals surface area contributed by atoms with Gasteiger partial charge in [0, 0.05) is 25.6 Å². The van der Waals surface area contributed by atoms with Crippen LogP contribution in [-0.2, 0) is 0 Å². The molecule has 1 saturated heterocycles. The molecule has 0 unspecified atom stereocenters. The third-order valence-corrected chi connectivity index (χ3v) is 2.49. The number of benzene rings is 1. The minimum atomic E-state index is 0.281. The van der Waals surface area contributed by atoms with Gasteiger partial charge in [0.15, 0.2) is 0 Å². The normalized spacial score (nSPS) is 17.2. The average molecular weight is 178 g/mol. The van der Waals surface area contributed by atoms with Crippen LogP contribution in [0.25, 0.3) is 0 Å². The number of hydrogen-bond acceptors (Lipinski definition) is 3. The van der Waals surface area contributed by atoms with Crippen LogP contribution in [0, 0.1) is 5.92 Å². The van der Waals surface area contributed by atoms with Crippen LogP contribution in [-0.4, -0.2) is 24.8 Å². The number of aliphatic hydroxyl groups is 1. The van der Waals surface area contributed by atoms with Crippen LogP contribution in [0.2, 0.25) is 0 Å². The minimum absolute atomic E-state index is 0.281. The molecule has 1 aliphatic heterocycles. The van der Waals surface area contributed by atoms with Crippen molar-refractivity contribution < 1.29 is 5.11 Å². The molecular formula is C10H14N2O. The van der Waals surface area contributed by atoms with Crippen molar-refractivity contribution in [1.29, 1.82) is 0 Å². The third-order valence-electron chi connectivity index (χ3n) is 2.49. The topological polar surface area (TPSA) is 49.5 Å². The molecule has 0 aromatic heterocycles. The summed E-state index contributed by atoms with van der Waals surface area (Å²) in [6, 6.07) is 7.84. The monoisotopic (exact) mass is 178 g/mol. The van der Waals surface area contributed by atoms with Crippen molar-refractivity contribution in [2.45, 2.75) is 0 Å². The molecule has 0 amide bonds. The minimum Gasteiger partial charge on any atom is -0.397 e. The largest absolute Gasteiger partial charge is 0.397 e. The molecule has 1 aromatic carbocycles. The maximum Gasteiger partial charge on any atom is 0.0600 e. The van der Waals surface area contributed by atoms with E-state index in [9.17, 15) is 0 Å². The standard InChI is InChI=1S/C10H14N2O/c11-9-3-1-2-4-10(9)12-5-8(6-12)7-13/h1-4,8,13H,5-7,11H2. The molecule has 70 valence electrons. The fourth-order valence-electron chi connectivity index (χ4n) is 1.66. The zero-order chi connectivity index (χ0) is 9.26. The molecule has 1 aromatic rings. The Morgan fingerprint density at radius 1 is 1.38 bits per heavy atom. The van der Waals surface area contributed by atoms with E-state index >= 15 is 0 Å². The molecule has 1 fully saturated rings. The summed E-state index contributed by atoms with van der Waals surface area (Å²) in [4.78, 5) is 2.19. The highest BCUT2D eigenvalue weighted by Gasteiger charge is 2.26. The van der Waals surface area contributed by atoms with Gasteiger partial charge in [-0.15, -0.1) is 0 Å². The highest BCUT2D eigenvalue weighted by molar-refractivity contribution is 5.68. The third kappa shape index (κ3) is 1.47. The van der Waals surface area contributed by atoms with Gasteiger partial charge in [-0.25, -0.2) is 0 Å². The molecule has 0 radical (unpaired) electrons. The second-order valence-electron chi connectivity index (χ2n) is 3.51. The fourth-order valence-corrected chi connectivity index (χ4v) is 1.66. The molecule has 0 aliphatic carbocycles. The van der Waals surface area contributed by atoms with Gasteiger partial charge in [-0.05, 0) is 12.1 Å². The molecule has 2 rings (SSSR count). The lowest BCUT2D eigenvalue weighted by Crippen LogP contribution is -2.48. The Morgan fingerprint density at radius 3 is 2.69 bits per heavy atom. The lowest BCUT2D eigenvalue weighted by atomic mass is 10.00. The van der Waals surface area contributed by atoms with Crippen LogP contribution < -0.4 is 10.6 Å². The zero-order valence-corrected chi connectivity index (χ0v) is 7.48. The van der Waals surface area contributed by atoms with E-state index in [4.69, 9.17) is 10.8 Å². The number of nitrogens with zero attached hydrogens (tertiary/aromatic N) is 1. The summed E-state index contributed by atoms with van der Waals surface area (Å²) >= 11 is 0. The fraction of sp³-hybridized carbons (Fsp3) is 0.400. The summed E-state index contributed by atoms with van der Waals surface area (Å²) in [5, 5.41) is 8.86. The van der Waals surface area contributed by atoms with E-state index in [0.29, 0.717) is 5.92 Å². The van der Waals surface area contributed by atoms with Crippen LogP contribution in [0.1, 0.15) is 0 Å². The van der Waals surface area contributed by atoms with Crippen LogP contribution in [0.3, 0.4) is 0 Å². The van der Waals surface area contributed by atoms with Crippen molar-refractivity contribution in [1.82, 2.24) is 0 Å². The van der Waals surface area contributed by atoms with E-state index < -0.39 is 0 Å². The van der Waals surface area contributed by atoms with Crippen LogP contribution in [0.4, 0.5) is 11.4 Å². The van der Waals surface area contributed by atoms with Gasteiger partial charge in [0.2, 0.25) is 0 Å². The van der Waals surface area contributed by atoms with Crippen LogP contribution in [0.15, 0.2) is 24.3 Å². The summed E-state index contributed by atoms with van der Waals surface area (Å²) in [5.74, 6) is 0.430. The second-order valence-corrected chi connectivity index (χ2v) is 3.51. The second kappa shape index (κ2) is 3.26. The maximum absolute atomic E-state index is 8.86. The first-order valence-corrected chi connectivity index (χ1v) is 4.51. The van der Waals surface area contributed by atoms with Gasteiger partial charge < -0.3 is 15.7 Å². The van der Waals surface area contributed by atoms with Gasteiger partial charge in [-0.2, -0.15) is 0 Å². The van der Waals surface area contributed by atoms with E-state index in [1.807, 2.05) is 24.3 Å².